The second-order valence-corrected chi connectivity index (χ2v) is 5.46. The fourth-order valence-corrected chi connectivity index (χ4v) is 2.35. The summed E-state index contributed by atoms with van der Waals surface area (Å²) in [6.45, 7) is 3.79. The number of benzene rings is 1. The molecule has 1 saturated heterocycles. The van der Waals surface area contributed by atoms with Crippen molar-refractivity contribution in [1.82, 2.24) is 10.2 Å². The summed E-state index contributed by atoms with van der Waals surface area (Å²) in [6.07, 6.45) is -4.60. The quantitative estimate of drug-likeness (QED) is 0.877. The molecule has 0 bridgehead atoms. The molecule has 1 heterocycles. The van der Waals surface area contributed by atoms with Crippen molar-refractivity contribution in [3.8, 4) is 0 Å². The molecule has 0 radical (unpaired) electrons. The van der Waals surface area contributed by atoms with Gasteiger partial charge in [-0.05, 0) is 18.2 Å². The summed E-state index contributed by atoms with van der Waals surface area (Å²) in [5.74, 6) is 0. The molecule has 128 valence electrons. The molecular formula is C14H17ClF3N3O2. The molecule has 0 aromatic heterocycles. The third-order valence-corrected chi connectivity index (χ3v) is 3.59. The van der Waals surface area contributed by atoms with E-state index in [0.717, 1.165) is 25.2 Å². The van der Waals surface area contributed by atoms with Crippen LogP contribution >= 0.6 is 11.6 Å². The average molecular weight is 352 g/mol. The van der Waals surface area contributed by atoms with Crippen molar-refractivity contribution in [2.45, 2.75) is 6.18 Å². The molecule has 1 aromatic carbocycles. The zero-order valence-corrected chi connectivity index (χ0v) is 13.0. The summed E-state index contributed by atoms with van der Waals surface area (Å²) in [7, 11) is 0. The second kappa shape index (κ2) is 7.85. The predicted octanol–water partition coefficient (Wildman–Crippen LogP) is 2.81. The SMILES string of the molecule is O=C(NCCN1CCOCC1)Nc1ccc(Cl)cc1C(F)(F)F. The number of nitrogens with zero attached hydrogens (tertiary/aromatic N) is 1. The standard InChI is InChI=1S/C14H17ClF3N3O2/c15-10-1-2-12(11(9-10)14(16,17)18)20-13(22)19-3-4-21-5-7-23-8-6-21/h1-2,9H,3-8H2,(H2,19,20,22). The molecule has 0 unspecified atom stereocenters. The number of hydrogen-bond donors (Lipinski definition) is 2. The first-order valence-corrected chi connectivity index (χ1v) is 7.46. The van der Waals surface area contributed by atoms with Gasteiger partial charge in [-0.25, -0.2) is 4.79 Å². The second-order valence-electron chi connectivity index (χ2n) is 5.02. The van der Waals surface area contributed by atoms with Crippen LogP contribution in [0.3, 0.4) is 0 Å². The Bertz CT molecular complexity index is 549. The number of carbonyl (C=O) groups is 1. The normalized spacial score (nSPS) is 16.2. The lowest BCUT2D eigenvalue weighted by Gasteiger charge is -2.26. The first-order valence-electron chi connectivity index (χ1n) is 7.08. The molecule has 1 fully saturated rings. The lowest BCUT2D eigenvalue weighted by atomic mass is 10.1. The van der Waals surface area contributed by atoms with E-state index in [1.54, 1.807) is 0 Å². The van der Waals surface area contributed by atoms with E-state index in [0.29, 0.717) is 26.3 Å². The smallest absolute Gasteiger partial charge is 0.379 e. The molecule has 2 N–H and O–H groups in total. The van der Waals surface area contributed by atoms with Crippen LogP contribution in [-0.2, 0) is 10.9 Å². The van der Waals surface area contributed by atoms with Crippen molar-refractivity contribution in [2.24, 2.45) is 0 Å². The van der Waals surface area contributed by atoms with Gasteiger partial charge >= 0.3 is 12.2 Å². The molecule has 2 amide bonds. The minimum atomic E-state index is -4.60. The average Bonchev–Trinajstić information content (AvgIpc) is 2.49. The van der Waals surface area contributed by atoms with Gasteiger partial charge in [0.05, 0.1) is 24.5 Å². The van der Waals surface area contributed by atoms with Crippen LogP contribution < -0.4 is 10.6 Å². The van der Waals surface area contributed by atoms with E-state index in [4.69, 9.17) is 16.3 Å². The van der Waals surface area contributed by atoms with Crippen LogP contribution in [-0.4, -0.2) is 50.3 Å². The molecule has 1 aliphatic rings. The van der Waals surface area contributed by atoms with Gasteiger partial charge in [0.25, 0.3) is 0 Å². The Morgan fingerprint density at radius 1 is 1.30 bits per heavy atom. The van der Waals surface area contributed by atoms with E-state index in [9.17, 15) is 18.0 Å². The van der Waals surface area contributed by atoms with Crippen LogP contribution in [0.15, 0.2) is 18.2 Å². The number of ether oxygens (including phenoxy) is 1. The molecule has 1 aromatic rings. The number of anilines is 1. The number of urea groups is 1. The molecule has 0 atom stereocenters. The Morgan fingerprint density at radius 3 is 2.65 bits per heavy atom. The number of halogens is 4. The van der Waals surface area contributed by atoms with Crippen molar-refractivity contribution in [3.05, 3.63) is 28.8 Å². The predicted molar refractivity (Wildman–Crippen MR) is 80.7 cm³/mol. The van der Waals surface area contributed by atoms with Crippen molar-refractivity contribution >= 4 is 23.3 Å². The lowest BCUT2D eigenvalue weighted by Crippen LogP contribution is -2.42. The highest BCUT2D eigenvalue weighted by molar-refractivity contribution is 6.30. The van der Waals surface area contributed by atoms with Crippen LogP contribution in [0.4, 0.5) is 23.7 Å². The Morgan fingerprint density at radius 2 is 2.00 bits per heavy atom. The Hall–Kier alpha value is -1.51. The first kappa shape index (κ1) is 17.8. The molecule has 0 aliphatic carbocycles. The minimum absolute atomic E-state index is 0.0457. The van der Waals surface area contributed by atoms with Crippen molar-refractivity contribution in [3.63, 3.8) is 0 Å². The van der Waals surface area contributed by atoms with Gasteiger partial charge in [0.2, 0.25) is 0 Å². The van der Waals surface area contributed by atoms with Crippen LogP contribution in [0.25, 0.3) is 0 Å². The topological polar surface area (TPSA) is 53.6 Å². The maximum absolute atomic E-state index is 12.9. The van der Waals surface area contributed by atoms with E-state index < -0.39 is 17.8 Å². The minimum Gasteiger partial charge on any atom is -0.379 e. The van der Waals surface area contributed by atoms with Crippen molar-refractivity contribution < 1.29 is 22.7 Å². The van der Waals surface area contributed by atoms with E-state index in [2.05, 4.69) is 15.5 Å². The number of carbonyl (C=O) groups excluding carboxylic acids is 1. The maximum atomic E-state index is 12.9. The third kappa shape index (κ3) is 5.56. The number of rotatable bonds is 4. The van der Waals surface area contributed by atoms with Gasteiger partial charge < -0.3 is 15.4 Å². The van der Waals surface area contributed by atoms with Crippen LogP contribution in [0, 0.1) is 0 Å². The summed E-state index contributed by atoms with van der Waals surface area (Å²) < 4.78 is 44.0. The summed E-state index contributed by atoms with van der Waals surface area (Å²) in [5, 5.41) is 4.70. The largest absolute Gasteiger partial charge is 0.418 e. The molecule has 2 rings (SSSR count). The number of morpholine rings is 1. The first-order chi connectivity index (χ1) is 10.9. The highest BCUT2D eigenvalue weighted by Crippen LogP contribution is 2.36. The molecular weight excluding hydrogens is 335 g/mol. The summed E-state index contributed by atoms with van der Waals surface area (Å²) >= 11 is 5.58. The molecule has 0 spiro atoms. The van der Waals surface area contributed by atoms with E-state index in [-0.39, 0.29) is 10.7 Å². The van der Waals surface area contributed by atoms with Gasteiger partial charge in [-0.1, -0.05) is 11.6 Å². The number of hydrogen-bond acceptors (Lipinski definition) is 3. The van der Waals surface area contributed by atoms with Gasteiger partial charge in [0.1, 0.15) is 0 Å². The number of alkyl halides is 3. The van der Waals surface area contributed by atoms with Crippen LogP contribution in [0.5, 0.6) is 0 Å². The molecule has 0 saturated carbocycles. The highest BCUT2D eigenvalue weighted by atomic mass is 35.5. The maximum Gasteiger partial charge on any atom is 0.418 e. The van der Waals surface area contributed by atoms with Gasteiger partial charge in [-0.3, -0.25) is 4.90 Å². The van der Waals surface area contributed by atoms with Gasteiger partial charge in [0, 0.05) is 31.2 Å². The summed E-state index contributed by atoms with van der Waals surface area (Å²) in [6, 6.07) is 2.52. The Labute approximate surface area is 136 Å². The fourth-order valence-electron chi connectivity index (χ4n) is 2.18. The highest BCUT2D eigenvalue weighted by Gasteiger charge is 2.34. The Balaban J connectivity index is 1.87. The van der Waals surface area contributed by atoms with E-state index >= 15 is 0 Å². The summed E-state index contributed by atoms with van der Waals surface area (Å²) in [4.78, 5) is 13.9. The molecule has 1 aliphatic heterocycles. The number of nitrogens with one attached hydrogen (secondary N) is 2. The summed E-state index contributed by atoms with van der Waals surface area (Å²) in [5.41, 5.74) is -1.31. The fraction of sp³-hybridized carbons (Fsp3) is 0.500. The molecule has 5 nitrogen and oxygen atoms in total. The van der Waals surface area contributed by atoms with Crippen molar-refractivity contribution in [2.75, 3.05) is 44.7 Å². The van der Waals surface area contributed by atoms with Crippen LogP contribution in [0.2, 0.25) is 5.02 Å². The molecule has 23 heavy (non-hydrogen) atoms. The molecule has 9 heteroatoms. The van der Waals surface area contributed by atoms with Crippen molar-refractivity contribution in [1.29, 1.82) is 0 Å². The third-order valence-electron chi connectivity index (χ3n) is 3.35. The van der Waals surface area contributed by atoms with E-state index in [1.807, 2.05) is 0 Å². The zero-order chi connectivity index (χ0) is 16.9. The van der Waals surface area contributed by atoms with E-state index in [1.165, 1.54) is 6.07 Å². The van der Waals surface area contributed by atoms with Gasteiger partial charge in [0.15, 0.2) is 0 Å². The monoisotopic (exact) mass is 351 g/mol. The van der Waals surface area contributed by atoms with Gasteiger partial charge in [-0.2, -0.15) is 13.2 Å². The zero-order valence-electron chi connectivity index (χ0n) is 12.3. The lowest BCUT2D eigenvalue weighted by molar-refractivity contribution is -0.136. The Kier molecular flexibility index (Phi) is 6.09. The number of amides is 2. The van der Waals surface area contributed by atoms with Gasteiger partial charge in [-0.15, -0.1) is 0 Å². The van der Waals surface area contributed by atoms with Crippen LogP contribution in [0.1, 0.15) is 5.56 Å².